The lowest BCUT2D eigenvalue weighted by atomic mass is 9.84. The number of rotatable bonds is 18. The molecule has 0 bridgehead atoms. The first-order chi connectivity index (χ1) is 28.1. The molecule has 3 N–H and O–H groups in total. The van der Waals surface area contributed by atoms with Crippen LogP contribution in [0.2, 0.25) is 0 Å². The molecule has 0 aliphatic carbocycles. The lowest BCUT2D eigenvalue weighted by molar-refractivity contribution is -0.147. The van der Waals surface area contributed by atoms with Crippen LogP contribution in [0.5, 0.6) is 0 Å². The van der Waals surface area contributed by atoms with Gasteiger partial charge in [0.2, 0.25) is 17.7 Å². The number of carbonyl (C=O) groups is 6. The van der Waals surface area contributed by atoms with Crippen LogP contribution in [-0.4, -0.2) is 102 Å². The van der Waals surface area contributed by atoms with Crippen LogP contribution in [0.1, 0.15) is 133 Å². The molecule has 1 atom stereocenters. The number of nitrogens with one attached hydrogen (secondary N) is 3. The molecule has 60 heavy (non-hydrogen) atoms. The Hall–Kier alpha value is -4.36. The van der Waals surface area contributed by atoms with Gasteiger partial charge in [-0.15, -0.1) is 0 Å². The van der Waals surface area contributed by atoms with Gasteiger partial charge in [0.15, 0.2) is 0 Å². The molecule has 2 aliphatic rings. The van der Waals surface area contributed by atoms with Gasteiger partial charge >= 0.3 is 18.2 Å². The Morgan fingerprint density at radius 1 is 0.683 bits per heavy atom. The van der Waals surface area contributed by atoms with Crippen molar-refractivity contribution in [3.63, 3.8) is 0 Å². The molecular weight excluding hydrogens is 767 g/mol. The Bertz CT molecular complexity index is 1480. The molecule has 1 aromatic carbocycles. The molecule has 0 saturated carbocycles. The summed E-state index contributed by atoms with van der Waals surface area (Å²) in [5.41, 5.74) is -0.334. The molecule has 1 aromatic rings. The number of esters is 1. The minimum Gasteiger partial charge on any atom is -0.461 e. The summed E-state index contributed by atoms with van der Waals surface area (Å²) >= 11 is 0. The Labute approximate surface area is 358 Å². The van der Waals surface area contributed by atoms with Gasteiger partial charge in [-0.3, -0.25) is 19.2 Å². The van der Waals surface area contributed by atoms with E-state index in [2.05, 4.69) is 16.0 Å². The number of piperidine rings is 2. The molecule has 2 heterocycles. The van der Waals surface area contributed by atoms with E-state index in [1.165, 1.54) is 0 Å². The van der Waals surface area contributed by atoms with Crippen LogP contribution in [0.15, 0.2) is 30.3 Å². The Morgan fingerprint density at radius 3 is 1.58 bits per heavy atom. The number of carbonyl (C=O) groups excluding carboxylic acids is 6. The zero-order chi connectivity index (χ0) is 44.6. The van der Waals surface area contributed by atoms with Gasteiger partial charge < -0.3 is 40.0 Å². The molecule has 2 aliphatic heterocycles. The lowest BCUT2D eigenvalue weighted by Crippen LogP contribution is -2.54. The van der Waals surface area contributed by atoms with Crippen molar-refractivity contribution in [2.45, 2.75) is 157 Å². The highest BCUT2D eigenvalue weighted by Crippen LogP contribution is 2.30. The number of nitrogens with zero attached hydrogens (tertiary/aromatic N) is 2. The number of benzene rings is 1. The number of hydrogen-bond donors (Lipinski definition) is 3. The summed E-state index contributed by atoms with van der Waals surface area (Å²) in [6, 6.07) is 7.81. The van der Waals surface area contributed by atoms with Gasteiger partial charge in [-0.1, -0.05) is 58.0 Å². The standard InChI is InChI=1S/C46H75N5O9/c1-31(2)40(32(3)4)49-42(55)37(28-39(53)58-30-35-14-12-11-13-15-35)48-38(52)29-47-41(54)36(18-16-33-20-24-50(25-21-33)43(56)59-45(5,6)7)19-17-34-22-26-51(27-23-34)44(57)60-46(8,9)10/h11-15,31-34,36-37,40H,16-30H2,1-10H3,(H,47,54)(H,48,52)(H,49,55)/t37-/m0/s1. The van der Waals surface area contributed by atoms with Crippen molar-refractivity contribution < 1.29 is 43.0 Å². The van der Waals surface area contributed by atoms with Crippen LogP contribution in [0.3, 0.4) is 0 Å². The maximum absolute atomic E-state index is 13.9. The highest BCUT2D eigenvalue weighted by Gasteiger charge is 2.32. The maximum atomic E-state index is 13.9. The molecule has 338 valence electrons. The minimum absolute atomic E-state index is 0.0335. The monoisotopic (exact) mass is 842 g/mol. The van der Waals surface area contributed by atoms with Gasteiger partial charge in [0.25, 0.3) is 0 Å². The number of amides is 5. The van der Waals surface area contributed by atoms with Gasteiger partial charge in [-0.2, -0.15) is 0 Å². The fourth-order valence-electron chi connectivity index (χ4n) is 7.84. The molecule has 0 aromatic heterocycles. The molecule has 14 heteroatoms. The molecule has 14 nitrogen and oxygen atoms in total. The minimum atomic E-state index is -1.20. The van der Waals surface area contributed by atoms with Crippen molar-refractivity contribution in [3.05, 3.63) is 35.9 Å². The highest BCUT2D eigenvalue weighted by atomic mass is 16.6. The third-order valence-electron chi connectivity index (χ3n) is 11.2. The smallest absolute Gasteiger partial charge is 0.410 e. The van der Waals surface area contributed by atoms with Crippen LogP contribution in [0.25, 0.3) is 0 Å². The summed E-state index contributed by atoms with van der Waals surface area (Å²) in [6.45, 7) is 21.2. The number of hydrogen-bond acceptors (Lipinski definition) is 9. The van der Waals surface area contributed by atoms with Crippen molar-refractivity contribution in [1.29, 1.82) is 0 Å². The fourth-order valence-corrected chi connectivity index (χ4v) is 7.84. The summed E-state index contributed by atoms with van der Waals surface area (Å²) in [4.78, 5) is 82.6. The largest absolute Gasteiger partial charge is 0.461 e. The van der Waals surface area contributed by atoms with E-state index in [-0.39, 0.29) is 61.5 Å². The van der Waals surface area contributed by atoms with Crippen LogP contribution >= 0.6 is 0 Å². The molecule has 0 unspecified atom stereocenters. The molecule has 5 amide bonds. The normalized spacial score (nSPS) is 16.2. The third kappa shape index (κ3) is 18.5. The lowest BCUT2D eigenvalue weighted by Gasteiger charge is -2.34. The first-order valence-electron chi connectivity index (χ1n) is 22.1. The highest BCUT2D eigenvalue weighted by molar-refractivity contribution is 5.92. The van der Waals surface area contributed by atoms with Crippen molar-refractivity contribution in [2.75, 3.05) is 32.7 Å². The van der Waals surface area contributed by atoms with E-state index in [1.54, 1.807) is 9.80 Å². The van der Waals surface area contributed by atoms with Crippen molar-refractivity contribution in [3.8, 4) is 0 Å². The van der Waals surface area contributed by atoms with Gasteiger partial charge in [0, 0.05) is 38.1 Å². The van der Waals surface area contributed by atoms with E-state index in [4.69, 9.17) is 14.2 Å². The Morgan fingerprint density at radius 2 is 1.15 bits per heavy atom. The Balaban J connectivity index is 1.64. The summed E-state index contributed by atoms with van der Waals surface area (Å²) in [7, 11) is 0. The van der Waals surface area contributed by atoms with E-state index in [9.17, 15) is 28.8 Å². The number of ether oxygens (including phenoxy) is 3. The predicted molar refractivity (Wildman–Crippen MR) is 230 cm³/mol. The summed E-state index contributed by atoms with van der Waals surface area (Å²) in [6.07, 6.45) is 5.08. The average molecular weight is 842 g/mol. The first kappa shape index (κ1) is 50.0. The molecule has 2 saturated heterocycles. The van der Waals surface area contributed by atoms with Gasteiger partial charge in [0.05, 0.1) is 13.0 Å². The van der Waals surface area contributed by atoms with Crippen molar-refractivity contribution in [2.24, 2.45) is 29.6 Å². The topological polar surface area (TPSA) is 173 Å². The van der Waals surface area contributed by atoms with Crippen molar-refractivity contribution in [1.82, 2.24) is 25.8 Å². The van der Waals surface area contributed by atoms with Crippen molar-refractivity contribution >= 4 is 35.9 Å². The maximum Gasteiger partial charge on any atom is 0.410 e. The summed E-state index contributed by atoms with van der Waals surface area (Å²) in [5, 5.41) is 8.53. The van der Waals surface area contributed by atoms with Crippen LogP contribution in [0.4, 0.5) is 9.59 Å². The molecule has 3 rings (SSSR count). The van der Waals surface area contributed by atoms with Crippen LogP contribution in [0, 0.1) is 29.6 Å². The SMILES string of the molecule is CC(C)C(NC(=O)[C@H](CC(=O)OCc1ccccc1)NC(=O)CNC(=O)C(CCC1CCN(C(=O)OC(C)(C)C)CC1)CCC1CCN(C(=O)OC(C)(C)C)CC1)C(C)C. The number of likely N-dealkylation sites (tertiary alicyclic amines) is 2. The van der Waals surface area contributed by atoms with Crippen LogP contribution < -0.4 is 16.0 Å². The van der Waals surface area contributed by atoms with E-state index in [0.29, 0.717) is 50.9 Å². The van der Waals surface area contributed by atoms with E-state index < -0.39 is 35.0 Å². The molecule has 0 spiro atoms. The van der Waals surface area contributed by atoms with E-state index >= 15 is 0 Å². The second-order valence-electron chi connectivity index (χ2n) is 19.4. The first-order valence-corrected chi connectivity index (χ1v) is 22.1. The van der Waals surface area contributed by atoms with Gasteiger partial charge in [0.1, 0.15) is 23.9 Å². The average Bonchev–Trinajstić information content (AvgIpc) is 3.17. The molecule has 0 radical (unpaired) electrons. The zero-order valence-electron chi connectivity index (χ0n) is 38.1. The fraction of sp³-hybridized carbons (Fsp3) is 0.739. The second kappa shape index (κ2) is 23.6. The zero-order valence-corrected chi connectivity index (χ0v) is 38.1. The van der Waals surface area contributed by atoms with E-state index in [1.807, 2.05) is 99.6 Å². The second-order valence-corrected chi connectivity index (χ2v) is 19.4. The third-order valence-corrected chi connectivity index (χ3v) is 11.2. The predicted octanol–water partition coefficient (Wildman–Crippen LogP) is 6.99. The van der Waals surface area contributed by atoms with Gasteiger partial charge in [-0.25, -0.2) is 9.59 Å². The van der Waals surface area contributed by atoms with E-state index in [0.717, 1.165) is 44.1 Å². The molecule has 2 fully saturated rings. The molecular formula is C46H75N5O9. The summed E-state index contributed by atoms with van der Waals surface area (Å²) in [5.74, 6) is -1.44. The van der Waals surface area contributed by atoms with Gasteiger partial charge in [-0.05, 0) is 122 Å². The summed E-state index contributed by atoms with van der Waals surface area (Å²) < 4.78 is 16.6. The Kier molecular flexibility index (Phi) is 19.7. The van der Waals surface area contributed by atoms with Crippen LogP contribution in [-0.2, 0) is 40.0 Å². The quantitative estimate of drug-likeness (QED) is 0.104.